The van der Waals surface area contributed by atoms with Crippen molar-refractivity contribution in [3.05, 3.63) is 11.3 Å². The number of hydrogen-bond donors (Lipinski definition) is 2. The van der Waals surface area contributed by atoms with Crippen molar-refractivity contribution in [1.29, 1.82) is 10.5 Å². The quantitative estimate of drug-likeness (QED) is 0.563. The standard InChI is InChI=1S/C8H10N4O2/c1-2-14-7(8(12)13)5(3-9)6(11)4-10/h7H,2,11H2,1H3,(H2,12,13)/b6-5-. The maximum atomic E-state index is 10.9. The Morgan fingerprint density at radius 1 is 1.43 bits per heavy atom. The molecule has 0 aromatic carbocycles. The van der Waals surface area contributed by atoms with Crippen LogP contribution in [0.5, 0.6) is 0 Å². The number of carbonyl (C=O) groups excluding carboxylic acids is 1. The van der Waals surface area contributed by atoms with Gasteiger partial charge in [-0.2, -0.15) is 10.5 Å². The van der Waals surface area contributed by atoms with Crippen molar-refractivity contribution < 1.29 is 9.53 Å². The van der Waals surface area contributed by atoms with Crippen LogP contribution in [0.15, 0.2) is 11.3 Å². The van der Waals surface area contributed by atoms with E-state index >= 15 is 0 Å². The van der Waals surface area contributed by atoms with Gasteiger partial charge in [-0.3, -0.25) is 4.79 Å². The largest absolute Gasteiger partial charge is 0.389 e. The van der Waals surface area contributed by atoms with E-state index in [-0.39, 0.29) is 17.9 Å². The molecule has 0 saturated carbocycles. The summed E-state index contributed by atoms with van der Waals surface area (Å²) >= 11 is 0. The molecule has 1 atom stereocenters. The van der Waals surface area contributed by atoms with Gasteiger partial charge in [0.05, 0.1) is 0 Å². The third-order valence-corrected chi connectivity index (χ3v) is 1.39. The minimum atomic E-state index is -1.25. The van der Waals surface area contributed by atoms with Crippen LogP contribution in [0.25, 0.3) is 0 Å². The zero-order valence-electron chi connectivity index (χ0n) is 7.65. The number of carbonyl (C=O) groups is 1. The Morgan fingerprint density at radius 3 is 2.29 bits per heavy atom. The van der Waals surface area contributed by atoms with E-state index in [1.54, 1.807) is 19.1 Å². The Kier molecular flexibility index (Phi) is 4.76. The summed E-state index contributed by atoms with van der Waals surface area (Å²) in [4.78, 5) is 10.9. The summed E-state index contributed by atoms with van der Waals surface area (Å²) in [6.45, 7) is 1.82. The lowest BCUT2D eigenvalue weighted by Gasteiger charge is -2.11. The fourth-order valence-electron chi connectivity index (χ4n) is 0.795. The second-order valence-corrected chi connectivity index (χ2v) is 2.29. The van der Waals surface area contributed by atoms with Crippen molar-refractivity contribution in [3.63, 3.8) is 0 Å². The number of hydrogen-bond acceptors (Lipinski definition) is 5. The number of nitrogens with zero attached hydrogens (tertiary/aromatic N) is 2. The van der Waals surface area contributed by atoms with Gasteiger partial charge in [-0.15, -0.1) is 0 Å². The number of allylic oxidation sites excluding steroid dienone is 1. The highest BCUT2D eigenvalue weighted by molar-refractivity contribution is 5.83. The molecule has 4 N–H and O–H groups in total. The maximum Gasteiger partial charge on any atom is 0.252 e. The fourth-order valence-corrected chi connectivity index (χ4v) is 0.795. The molecule has 0 radical (unpaired) electrons. The van der Waals surface area contributed by atoms with Crippen LogP contribution in [-0.2, 0) is 9.53 Å². The Hall–Kier alpha value is -2.05. The van der Waals surface area contributed by atoms with Crippen molar-refractivity contribution in [2.45, 2.75) is 13.0 Å². The molecule has 0 aliphatic carbocycles. The minimum absolute atomic E-state index is 0.192. The molecule has 6 nitrogen and oxygen atoms in total. The minimum Gasteiger partial charge on any atom is -0.389 e. The molecule has 1 amide bonds. The lowest BCUT2D eigenvalue weighted by atomic mass is 10.1. The first-order chi connectivity index (χ1) is 6.58. The van der Waals surface area contributed by atoms with Gasteiger partial charge in [0.1, 0.15) is 23.4 Å². The van der Waals surface area contributed by atoms with Crippen LogP contribution in [0.3, 0.4) is 0 Å². The summed E-state index contributed by atoms with van der Waals surface area (Å²) in [5.74, 6) is -0.846. The van der Waals surface area contributed by atoms with Crippen LogP contribution in [0.1, 0.15) is 6.92 Å². The molecule has 0 heterocycles. The van der Waals surface area contributed by atoms with Crippen molar-refractivity contribution in [2.75, 3.05) is 6.61 Å². The van der Waals surface area contributed by atoms with Crippen molar-refractivity contribution in [3.8, 4) is 12.1 Å². The van der Waals surface area contributed by atoms with E-state index in [4.69, 9.17) is 26.7 Å². The second-order valence-electron chi connectivity index (χ2n) is 2.29. The first-order valence-electron chi connectivity index (χ1n) is 3.79. The Balaban J connectivity index is 5.11. The zero-order valence-corrected chi connectivity index (χ0v) is 7.65. The SMILES string of the molecule is CCOC(C(N)=O)/C(C#N)=C(\N)C#N. The van der Waals surface area contributed by atoms with E-state index in [0.717, 1.165) is 0 Å². The summed E-state index contributed by atoms with van der Waals surface area (Å²) in [6.07, 6.45) is -1.25. The number of nitrogens with two attached hydrogens (primary N) is 2. The third-order valence-electron chi connectivity index (χ3n) is 1.39. The summed E-state index contributed by atoms with van der Waals surface area (Å²) in [6, 6.07) is 3.18. The monoisotopic (exact) mass is 194 g/mol. The van der Waals surface area contributed by atoms with Crippen molar-refractivity contribution >= 4 is 5.91 Å². The Bertz CT molecular complexity index is 334. The van der Waals surface area contributed by atoms with Gasteiger partial charge in [0, 0.05) is 6.61 Å². The van der Waals surface area contributed by atoms with Gasteiger partial charge < -0.3 is 16.2 Å². The summed E-state index contributed by atoms with van der Waals surface area (Å²) < 4.78 is 4.89. The van der Waals surface area contributed by atoms with E-state index < -0.39 is 12.0 Å². The van der Waals surface area contributed by atoms with Gasteiger partial charge in [-0.05, 0) is 6.92 Å². The molecular formula is C8H10N4O2. The molecule has 6 heteroatoms. The maximum absolute atomic E-state index is 10.9. The van der Waals surface area contributed by atoms with E-state index in [2.05, 4.69) is 0 Å². The second kappa shape index (κ2) is 5.57. The van der Waals surface area contributed by atoms with Gasteiger partial charge in [-0.25, -0.2) is 0 Å². The Morgan fingerprint density at radius 2 is 2.00 bits per heavy atom. The van der Waals surface area contributed by atoms with Crippen molar-refractivity contribution in [2.24, 2.45) is 11.5 Å². The fraction of sp³-hybridized carbons (Fsp3) is 0.375. The normalized spacial score (nSPS) is 13.4. The zero-order chi connectivity index (χ0) is 11.1. The van der Waals surface area contributed by atoms with E-state index in [9.17, 15) is 4.79 Å². The first kappa shape index (κ1) is 11.9. The lowest BCUT2D eigenvalue weighted by molar-refractivity contribution is -0.126. The van der Waals surface area contributed by atoms with Gasteiger partial charge in [-0.1, -0.05) is 0 Å². The molecule has 0 bridgehead atoms. The molecule has 0 aliphatic rings. The molecule has 0 spiro atoms. The molecule has 0 rings (SSSR count). The number of primary amides is 1. The topological polar surface area (TPSA) is 126 Å². The number of rotatable bonds is 4. The average molecular weight is 194 g/mol. The Labute approximate surface area is 81.3 Å². The number of amides is 1. The molecule has 0 fully saturated rings. The predicted octanol–water partition coefficient (Wildman–Crippen LogP) is -0.863. The molecule has 14 heavy (non-hydrogen) atoms. The van der Waals surface area contributed by atoms with Crippen LogP contribution in [-0.4, -0.2) is 18.6 Å². The molecule has 1 unspecified atom stereocenters. The van der Waals surface area contributed by atoms with Gasteiger partial charge in [0.2, 0.25) is 0 Å². The van der Waals surface area contributed by atoms with Gasteiger partial charge in [0.25, 0.3) is 5.91 Å². The molecule has 0 saturated heterocycles. The lowest BCUT2D eigenvalue weighted by Crippen LogP contribution is -2.34. The van der Waals surface area contributed by atoms with Gasteiger partial charge in [0.15, 0.2) is 6.10 Å². The average Bonchev–Trinajstić information content (AvgIpc) is 2.16. The van der Waals surface area contributed by atoms with E-state index in [0.29, 0.717) is 0 Å². The summed E-state index contributed by atoms with van der Waals surface area (Å²) in [5, 5.41) is 17.1. The summed E-state index contributed by atoms with van der Waals surface area (Å²) in [5.41, 5.74) is 9.58. The van der Waals surface area contributed by atoms with Crippen LogP contribution in [0, 0.1) is 22.7 Å². The number of ether oxygens (including phenoxy) is 1. The molecular weight excluding hydrogens is 184 g/mol. The van der Waals surface area contributed by atoms with Crippen LogP contribution in [0.2, 0.25) is 0 Å². The van der Waals surface area contributed by atoms with E-state index in [1.165, 1.54) is 0 Å². The van der Waals surface area contributed by atoms with Gasteiger partial charge >= 0.3 is 0 Å². The van der Waals surface area contributed by atoms with Crippen molar-refractivity contribution in [1.82, 2.24) is 0 Å². The van der Waals surface area contributed by atoms with Crippen LogP contribution >= 0.6 is 0 Å². The molecule has 0 aromatic rings. The molecule has 0 aliphatic heterocycles. The molecule has 0 aromatic heterocycles. The molecule has 74 valence electrons. The third kappa shape index (κ3) is 2.77. The summed E-state index contributed by atoms with van der Waals surface area (Å²) in [7, 11) is 0. The predicted molar refractivity (Wildman–Crippen MR) is 47.0 cm³/mol. The highest BCUT2D eigenvalue weighted by atomic mass is 16.5. The number of nitriles is 2. The first-order valence-corrected chi connectivity index (χ1v) is 3.79. The highest BCUT2D eigenvalue weighted by Gasteiger charge is 2.23. The van der Waals surface area contributed by atoms with Crippen LogP contribution in [0.4, 0.5) is 0 Å². The van der Waals surface area contributed by atoms with E-state index in [1.807, 2.05) is 0 Å². The smallest absolute Gasteiger partial charge is 0.252 e. The van der Waals surface area contributed by atoms with Crippen LogP contribution < -0.4 is 11.5 Å². The highest BCUT2D eigenvalue weighted by Crippen LogP contribution is 2.08.